The molecule has 1 amide bonds. The van der Waals surface area contributed by atoms with Crippen LogP contribution in [0, 0.1) is 0 Å². The number of aromatic nitrogens is 2. The molecule has 1 N–H and O–H groups in total. The van der Waals surface area contributed by atoms with Gasteiger partial charge in [-0.15, -0.1) is 0 Å². The summed E-state index contributed by atoms with van der Waals surface area (Å²) in [6.07, 6.45) is -9.81. The third-order valence-electron chi connectivity index (χ3n) is 5.23. The van der Waals surface area contributed by atoms with E-state index in [0.29, 0.717) is 11.1 Å². The predicted octanol–water partition coefficient (Wildman–Crippen LogP) is 7.15. The number of imidazole rings is 1. The van der Waals surface area contributed by atoms with E-state index in [0.717, 1.165) is 24.3 Å². The molecule has 0 saturated heterocycles. The molecule has 0 fully saturated rings. The molecule has 1 unspecified atom stereocenters. The fourth-order valence-corrected chi connectivity index (χ4v) is 3.52. The van der Waals surface area contributed by atoms with Gasteiger partial charge in [0.15, 0.2) is 0 Å². The first-order chi connectivity index (χ1) is 15.9. The topological polar surface area (TPSA) is 58.2 Å². The van der Waals surface area contributed by atoms with Crippen molar-refractivity contribution < 1.29 is 35.3 Å². The van der Waals surface area contributed by atoms with E-state index in [1.807, 2.05) is 0 Å². The van der Waals surface area contributed by atoms with Crippen molar-refractivity contribution in [2.75, 3.05) is 6.54 Å². The largest absolute Gasteiger partial charge is 0.422 e. The Hall–Kier alpha value is -3.15. The van der Waals surface area contributed by atoms with Gasteiger partial charge in [0, 0.05) is 30.6 Å². The summed E-state index contributed by atoms with van der Waals surface area (Å²) in [5.41, 5.74) is -0.582. The van der Waals surface area contributed by atoms with Crippen molar-refractivity contribution in [1.29, 1.82) is 0 Å². The van der Waals surface area contributed by atoms with Crippen molar-refractivity contribution >= 4 is 19.0 Å². The molecule has 1 heterocycles. The average molecular weight is 503 g/mol. The first-order valence-electron chi connectivity index (χ1n) is 9.94. The Bertz CT molecular complexity index is 1070. The molecule has 0 spiro atoms. The summed E-state index contributed by atoms with van der Waals surface area (Å²) in [4.78, 5) is 20.8. The lowest BCUT2D eigenvalue weighted by molar-refractivity contribution is -0.138. The van der Waals surface area contributed by atoms with Crippen LogP contribution in [0.1, 0.15) is 36.8 Å². The minimum atomic E-state index is -4.53. The van der Waals surface area contributed by atoms with Gasteiger partial charge in [-0.25, -0.2) is 9.78 Å². The molecule has 12 heteroatoms. The second-order valence-electron chi connectivity index (χ2n) is 7.32. The molecule has 5 nitrogen and oxygen atoms in total. The Morgan fingerprint density at radius 2 is 1.44 bits per heavy atom. The molecule has 1 aromatic heterocycles. The number of carbonyl (C=O) groups excluding carboxylic acids is 1. The van der Waals surface area contributed by atoms with E-state index in [1.165, 1.54) is 29.2 Å². The van der Waals surface area contributed by atoms with Gasteiger partial charge < -0.3 is 9.17 Å². The fraction of sp³-hybridized carbons (Fsp3) is 0.273. The standard InChI is InChI=1S/C22H19F6N3O2S/c1-3-31(20(32)33-34)12(2)19-29-17(13-4-8-15(9-5-13)21(23,24)25)18(30-19)14-6-10-16(11-7-14)22(26,27)28/h4-12,34H,3H2,1-2H3,(H,29,30). The number of nitrogens with one attached hydrogen (secondary N) is 1. The fourth-order valence-electron chi connectivity index (χ4n) is 3.41. The number of hydrogen-bond donors (Lipinski definition) is 2. The van der Waals surface area contributed by atoms with Crippen LogP contribution in [0.2, 0.25) is 0 Å². The van der Waals surface area contributed by atoms with Crippen LogP contribution in [0.4, 0.5) is 31.1 Å². The van der Waals surface area contributed by atoms with Crippen LogP contribution in [0.5, 0.6) is 0 Å². The van der Waals surface area contributed by atoms with E-state index >= 15 is 0 Å². The number of H-pyrrole nitrogens is 1. The van der Waals surface area contributed by atoms with Gasteiger partial charge in [0.05, 0.1) is 28.6 Å². The van der Waals surface area contributed by atoms with Gasteiger partial charge >= 0.3 is 18.4 Å². The first kappa shape index (κ1) is 25.5. The van der Waals surface area contributed by atoms with Gasteiger partial charge in [0.2, 0.25) is 0 Å². The number of aromatic amines is 1. The Kier molecular flexibility index (Phi) is 7.20. The molecule has 0 saturated carbocycles. The van der Waals surface area contributed by atoms with Gasteiger partial charge in [-0.3, -0.25) is 4.90 Å². The number of nitrogens with zero attached hydrogens (tertiary/aromatic N) is 2. The van der Waals surface area contributed by atoms with Gasteiger partial charge in [0.25, 0.3) is 0 Å². The van der Waals surface area contributed by atoms with Gasteiger partial charge in [0.1, 0.15) is 5.82 Å². The number of benzene rings is 2. The van der Waals surface area contributed by atoms with E-state index in [1.54, 1.807) is 13.8 Å². The molecule has 3 aromatic rings. The number of amides is 1. The highest BCUT2D eigenvalue weighted by Gasteiger charge is 2.32. The van der Waals surface area contributed by atoms with Crippen molar-refractivity contribution in [3.63, 3.8) is 0 Å². The number of carbonyl (C=O) groups is 1. The molecular weight excluding hydrogens is 484 g/mol. The summed E-state index contributed by atoms with van der Waals surface area (Å²) in [7, 11) is 0. The number of alkyl halides is 6. The van der Waals surface area contributed by atoms with Crippen LogP contribution in [-0.4, -0.2) is 27.5 Å². The molecule has 3 rings (SSSR count). The van der Waals surface area contributed by atoms with E-state index in [4.69, 9.17) is 0 Å². The van der Waals surface area contributed by atoms with Crippen molar-refractivity contribution in [1.82, 2.24) is 14.9 Å². The zero-order valence-electron chi connectivity index (χ0n) is 17.8. The molecule has 0 bridgehead atoms. The van der Waals surface area contributed by atoms with Crippen LogP contribution in [-0.2, 0) is 16.5 Å². The second kappa shape index (κ2) is 9.61. The van der Waals surface area contributed by atoms with Gasteiger partial charge in [-0.05, 0) is 38.1 Å². The Labute approximate surface area is 196 Å². The normalized spacial score (nSPS) is 13.0. The minimum Gasteiger partial charge on any atom is -0.378 e. The number of rotatable bonds is 5. The summed E-state index contributed by atoms with van der Waals surface area (Å²) in [6, 6.07) is 7.82. The highest BCUT2D eigenvalue weighted by molar-refractivity contribution is 7.75. The summed E-state index contributed by atoms with van der Waals surface area (Å²) in [5.74, 6) is 0.255. The van der Waals surface area contributed by atoms with Crippen molar-refractivity contribution in [3.8, 4) is 22.5 Å². The van der Waals surface area contributed by atoms with Crippen LogP contribution in [0.3, 0.4) is 0 Å². The number of halogens is 6. The molecule has 1 atom stereocenters. The summed E-state index contributed by atoms with van der Waals surface area (Å²) >= 11 is 3.52. The summed E-state index contributed by atoms with van der Waals surface area (Å²) in [6.45, 7) is 3.56. The van der Waals surface area contributed by atoms with Gasteiger partial charge in [-0.2, -0.15) is 26.3 Å². The maximum atomic E-state index is 13.0. The monoisotopic (exact) mass is 503 g/mol. The second-order valence-corrected chi connectivity index (χ2v) is 7.50. The molecule has 0 aliphatic heterocycles. The average Bonchev–Trinajstić information content (AvgIpc) is 3.24. The quantitative estimate of drug-likeness (QED) is 0.221. The maximum absolute atomic E-state index is 13.0. The molecule has 2 aromatic carbocycles. The molecule has 0 aliphatic carbocycles. The first-order valence-corrected chi connectivity index (χ1v) is 10.3. The van der Waals surface area contributed by atoms with E-state index in [-0.39, 0.29) is 23.8 Å². The highest BCUT2D eigenvalue weighted by atomic mass is 32.1. The minimum absolute atomic E-state index is 0.214. The van der Waals surface area contributed by atoms with Gasteiger partial charge in [-0.1, -0.05) is 24.3 Å². The summed E-state index contributed by atoms with van der Waals surface area (Å²) < 4.78 is 82.3. The highest BCUT2D eigenvalue weighted by Crippen LogP contribution is 2.37. The number of thiol groups is 1. The van der Waals surface area contributed by atoms with Crippen molar-refractivity contribution in [2.45, 2.75) is 32.2 Å². The number of hydrogen-bond acceptors (Lipinski definition) is 4. The lowest BCUT2D eigenvalue weighted by atomic mass is 10.0. The van der Waals surface area contributed by atoms with Crippen molar-refractivity contribution in [2.24, 2.45) is 0 Å². The van der Waals surface area contributed by atoms with Crippen LogP contribution < -0.4 is 0 Å². The zero-order valence-corrected chi connectivity index (χ0v) is 18.7. The summed E-state index contributed by atoms with van der Waals surface area (Å²) in [5, 5.41) is 0. The Morgan fingerprint density at radius 3 is 1.85 bits per heavy atom. The third kappa shape index (κ3) is 5.32. The lowest BCUT2D eigenvalue weighted by Gasteiger charge is -2.24. The molecular formula is C22H19F6N3O2S. The molecule has 0 radical (unpaired) electrons. The molecule has 182 valence electrons. The smallest absolute Gasteiger partial charge is 0.378 e. The maximum Gasteiger partial charge on any atom is 0.422 e. The Morgan fingerprint density at radius 1 is 0.971 bits per heavy atom. The molecule has 0 aliphatic rings. The van der Waals surface area contributed by atoms with E-state index in [2.05, 4.69) is 27.1 Å². The lowest BCUT2D eigenvalue weighted by Crippen LogP contribution is -2.33. The van der Waals surface area contributed by atoms with Crippen LogP contribution in [0.25, 0.3) is 22.5 Å². The SMILES string of the molecule is CCN(C(=O)OS)C(C)c1nc(-c2ccc(C(F)(F)F)cc2)c(-c2ccc(C(F)(F)F)cc2)[nH]1. The predicted molar refractivity (Wildman–Crippen MR) is 116 cm³/mol. The zero-order chi connectivity index (χ0) is 25.3. The third-order valence-corrected chi connectivity index (χ3v) is 5.38. The molecule has 34 heavy (non-hydrogen) atoms. The van der Waals surface area contributed by atoms with Crippen LogP contribution >= 0.6 is 12.9 Å². The van der Waals surface area contributed by atoms with E-state index in [9.17, 15) is 31.1 Å². The van der Waals surface area contributed by atoms with E-state index < -0.39 is 35.6 Å². The van der Waals surface area contributed by atoms with Crippen LogP contribution in [0.15, 0.2) is 48.5 Å². The Balaban J connectivity index is 2.12. The van der Waals surface area contributed by atoms with Crippen molar-refractivity contribution in [3.05, 3.63) is 65.5 Å².